The maximum Gasteiger partial charge on any atom is 0.309 e. The number of esters is 1. The van der Waals surface area contributed by atoms with Gasteiger partial charge in [0.2, 0.25) is 5.91 Å². The van der Waals surface area contributed by atoms with E-state index in [9.17, 15) is 14.9 Å². The quantitative estimate of drug-likeness (QED) is 0.789. The summed E-state index contributed by atoms with van der Waals surface area (Å²) in [6.45, 7) is 1.54. The molecule has 5 nitrogen and oxygen atoms in total. The van der Waals surface area contributed by atoms with Crippen LogP contribution in [0.3, 0.4) is 0 Å². The first-order valence-electron chi connectivity index (χ1n) is 7.94. The van der Waals surface area contributed by atoms with E-state index in [1.165, 1.54) is 0 Å². The van der Waals surface area contributed by atoms with E-state index in [-0.39, 0.29) is 30.3 Å². The summed E-state index contributed by atoms with van der Waals surface area (Å²) in [5, 5.41) is 12.1. The minimum atomic E-state index is -1.13. The number of hydrogen-bond acceptors (Lipinski definition) is 4. The number of nitrogens with one attached hydrogen (secondary N) is 1. The highest BCUT2D eigenvalue weighted by atomic mass is 16.5. The molecule has 21 heavy (non-hydrogen) atoms. The lowest BCUT2D eigenvalue weighted by Gasteiger charge is -2.25. The molecule has 1 atom stereocenters. The molecule has 0 aromatic heterocycles. The molecule has 2 saturated carbocycles. The van der Waals surface area contributed by atoms with Gasteiger partial charge in [-0.2, -0.15) is 5.26 Å². The van der Waals surface area contributed by atoms with Crippen LogP contribution >= 0.6 is 0 Å². The number of rotatable bonds is 5. The second-order valence-electron chi connectivity index (χ2n) is 6.50. The van der Waals surface area contributed by atoms with E-state index in [0.29, 0.717) is 0 Å². The summed E-state index contributed by atoms with van der Waals surface area (Å²) < 4.78 is 5.27. The zero-order chi connectivity index (χ0) is 15.3. The number of nitrogens with zero attached hydrogens (tertiary/aromatic N) is 1. The molecule has 0 saturated heterocycles. The van der Waals surface area contributed by atoms with Gasteiger partial charge in [-0.25, -0.2) is 0 Å². The van der Waals surface area contributed by atoms with E-state index in [1.54, 1.807) is 6.92 Å². The second kappa shape index (κ2) is 6.93. The molecule has 0 radical (unpaired) electrons. The van der Waals surface area contributed by atoms with E-state index >= 15 is 0 Å². The van der Waals surface area contributed by atoms with Gasteiger partial charge in [0.05, 0.1) is 12.0 Å². The molecule has 0 aromatic carbocycles. The zero-order valence-electron chi connectivity index (χ0n) is 12.7. The van der Waals surface area contributed by atoms with Crippen molar-refractivity contribution in [1.29, 1.82) is 5.26 Å². The third-order valence-electron chi connectivity index (χ3n) is 4.56. The number of amides is 1. The van der Waals surface area contributed by atoms with Crippen LogP contribution in [-0.2, 0) is 14.3 Å². The smallest absolute Gasteiger partial charge is 0.309 e. The first kappa shape index (κ1) is 15.8. The largest absolute Gasteiger partial charge is 0.462 e. The van der Waals surface area contributed by atoms with Gasteiger partial charge in [0, 0.05) is 5.92 Å². The Morgan fingerprint density at radius 2 is 1.67 bits per heavy atom. The van der Waals surface area contributed by atoms with Gasteiger partial charge in [0.15, 0.2) is 5.54 Å². The Morgan fingerprint density at radius 3 is 2.19 bits per heavy atom. The summed E-state index contributed by atoms with van der Waals surface area (Å²) in [5.41, 5.74) is -1.13. The van der Waals surface area contributed by atoms with Crippen molar-refractivity contribution in [3.8, 4) is 6.07 Å². The highest BCUT2D eigenvalue weighted by molar-refractivity contribution is 5.80. The molecule has 0 aliphatic heterocycles. The second-order valence-corrected chi connectivity index (χ2v) is 6.50. The molecule has 2 aliphatic carbocycles. The average Bonchev–Trinajstić information content (AvgIpc) is 3.16. The van der Waals surface area contributed by atoms with E-state index < -0.39 is 5.54 Å². The number of ether oxygens (including phenoxy) is 1. The van der Waals surface area contributed by atoms with Crippen LogP contribution in [0, 0.1) is 23.2 Å². The molecule has 1 unspecified atom stereocenters. The van der Waals surface area contributed by atoms with Crippen LogP contribution in [-0.4, -0.2) is 24.0 Å². The fraction of sp³-hybridized carbons (Fsp3) is 0.812. The van der Waals surface area contributed by atoms with Gasteiger partial charge in [-0.05, 0) is 32.6 Å². The highest BCUT2D eigenvalue weighted by Crippen LogP contribution is 2.27. The molecule has 1 amide bonds. The van der Waals surface area contributed by atoms with Crippen LogP contribution in [0.2, 0.25) is 0 Å². The van der Waals surface area contributed by atoms with Gasteiger partial charge < -0.3 is 10.1 Å². The predicted octanol–water partition coefficient (Wildman–Crippen LogP) is 2.31. The van der Waals surface area contributed by atoms with Crippen LogP contribution in [0.1, 0.15) is 58.3 Å². The van der Waals surface area contributed by atoms with E-state index in [0.717, 1.165) is 51.4 Å². The third kappa shape index (κ3) is 4.20. The Hall–Kier alpha value is -1.57. The fourth-order valence-electron chi connectivity index (χ4n) is 3.15. The van der Waals surface area contributed by atoms with Crippen LogP contribution in [0.5, 0.6) is 0 Å². The average molecular weight is 292 g/mol. The van der Waals surface area contributed by atoms with E-state index in [2.05, 4.69) is 11.4 Å². The van der Waals surface area contributed by atoms with Crippen LogP contribution < -0.4 is 5.32 Å². The molecule has 2 aliphatic rings. The molecule has 0 bridgehead atoms. The normalized spacial score (nSPS) is 22.5. The lowest BCUT2D eigenvalue weighted by Crippen LogP contribution is -2.50. The van der Waals surface area contributed by atoms with Gasteiger partial charge in [-0.3, -0.25) is 9.59 Å². The minimum absolute atomic E-state index is 0.00297. The van der Waals surface area contributed by atoms with Crippen molar-refractivity contribution in [2.75, 3.05) is 6.61 Å². The maximum atomic E-state index is 12.1. The Balaban J connectivity index is 1.83. The van der Waals surface area contributed by atoms with Crippen molar-refractivity contribution in [2.24, 2.45) is 11.8 Å². The standard InChI is InChI=1S/C16H24N2O3/c1-16(10-17,18-14(19)12-6-2-3-7-12)11-21-15(20)13-8-4-5-9-13/h12-13H,2-9,11H2,1H3,(H,18,19). The third-order valence-corrected chi connectivity index (χ3v) is 4.56. The van der Waals surface area contributed by atoms with Gasteiger partial charge in [-0.1, -0.05) is 25.7 Å². The van der Waals surface area contributed by atoms with Crippen LogP contribution in [0.15, 0.2) is 0 Å². The number of nitriles is 1. The zero-order valence-corrected chi connectivity index (χ0v) is 12.7. The van der Waals surface area contributed by atoms with Crippen molar-refractivity contribution in [2.45, 2.75) is 63.8 Å². The molecule has 0 aromatic rings. The summed E-state index contributed by atoms with van der Waals surface area (Å²) in [6, 6.07) is 2.07. The first-order valence-corrected chi connectivity index (χ1v) is 7.94. The SMILES string of the molecule is CC(C#N)(COC(=O)C1CCCC1)NC(=O)C1CCCC1. The summed E-state index contributed by atoms with van der Waals surface area (Å²) in [7, 11) is 0. The Bertz CT molecular complexity index is 431. The molecule has 1 N–H and O–H groups in total. The fourth-order valence-corrected chi connectivity index (χ4v) is 3.15. The minimum Gasteiger partial charge on any atom is -0.462 e. The van der Waals surface area contributed by atoms with Crippen molar-refractivity contribution in [3.63, 3.8) is 0 Å². The molecule has 2 fully saturated rings. The first-order chi connectivity index (χ1) is 10.0. The molecule has 0 spiro atoms. The van der Waals surface area contributed by atoms with E-state index in [4.69, 9.17) is 4.74 Å². The number of hydrogen-bond donors (Lipinski definition) is 1. The van der Waals surface area contributed by atoms with Crippen molar-refractivity contribution >= 4 is 11.9 Å². The lowest BCUT2D eigenvalue weighted by atomic mass is 10.0. The van der Waals surface area contributed by atoms with Gasteiger partial charge in [0.25, 0.3) is 0 Å². The van der Waals surface area contributed by atoms with Gasteiger partial charge in [-0.15, -0.1) is 0 Å². The molecule has 2 rings (SSSR count). The highest BCUT2D eigenvalue weighted by Gasteiger charge is 2.33. The number of carbonyl (C=O) groups excluding carboxylic acids is 2. The van der Waals surface area contributed by atoms with Crippen LogP contribution in [0.25, 0.3) is 0 Å². The lowest BCUT2D eigenvalue weighted by molar-refractivity contribution is -0.150. The summed E-state index contributed by atoms with van der Waals surface area (Å²) >= 11 is 0. The monoisotopic (exact) mass is 292 g/mol. The Kier molecular flexibility index (Phi) is 5.22. The molecular weight excluding hydrogens is 268 g/mol. The predicted molar refractivity (Wildman–Crippen MR) is 77.0 cm³/mol. The maximum absolute atomic E-state index is 12.1. The molecular formula is C16H24N2O3. The van der Waals surface area contributed by atoms with Crippen molar-refractivity contribution < 1.29 is 14.3 Å². The van der Waals surface area contributed by atoms with Crippen LogP contribution in [0.4, 0.5) is 0 Å². The summed E-state index contributed by atoms with van der Waals surface area (Å²) in [4.78, 5) is 24.0. The topological polar surface area (TPSA) is 79.2 Å². The number of carbonyl (C=O) groups is 2. The molecule has 0 heterocycles. The van der Waals surface area contributed by atoms with Crippen molar-refractivity contribution in [3.05, 3.63) is 0 Å². The summed E-state index contributed by atoms with van der Waals surface area (Å²) in [6.07, 6.45) is 7.77. The van der Waals surface area contributed by atoms with E-state index in [1.807, 2.05) is 0 Å². The Morgan fingerprint density at radius 1 is 1.14 bits per heavy atom. The molecule has 116 valence electrons. The molecule has 5 heteroatoms. The summed E-state index contributed by atoms with van der Waals surface area (Å²) in [5.74, 6) is -0.348. The van der Waals surface area contributed by atoms with Crippen molar-refractivity contribution in [1.82, 2.24) is 5.32 Å². The van der Waals surface area contributed by atoms with Gasteiger partial charge >= 0.3 is 5.97 Å². The Labute approximate surface area is 126 Å². The van der Waals surface area contributed by atoms with Gasteiger partial charge in [0.1, 0.15) is 6.61 Å².